The van der Waals surface area contributed by atoms with Crippen molar-refractivity contribution in [3.8, 4) is 0 Å². The van der Waals surface area contributed by atoms with Crippen molar-refractivity contribution in [1.82, 2.24) is 0 Å². The predicted molar refractivity (Wildman–Crippen MR) is 78.0 cm³/mol. The van der Waals surface area contributed by atoms with Crippen LogP contribution in [0.15, 0.2) is 48.5 Å². The highest BCUT2D eigenvalue weighted by Crippen LogP contribution is 2.19. The van der Waals surface area contributed by atoms with Crippen LogP contribution in [0.1, 0.15) is 17.3 Å². The summed E-state index contributed by atoms with van der Waals surface area (Å²) in [5.74, 6) is 4.74. The number of hydrogen-bond acceptors (Lipinski definition) is 3. The molecule has 1 amide bonds. The maximum Gasteiger partial charge on any atom is 0.258 e. The van der Waals surface area contributed by atoms with E-state index in [9.17, 15) is 9.18 Å². The van der Waals surface area contributed by atoms with Gasteiger partial charge in [-0.25, -0.2) is 4.39 Å². The molecule has 0 spiro atoms. The SMILES string of the molecule is CCN(C(=O)c1ccc(NN)cc1)c1cccc(F)c1. The van der Waals surface area contributed by atoms with Gasteiger partial charge in [0.15, 0.2) is 0 Å². The van der Waals surface area contributed by atoms with Gasteiger partial charge in [-0.3, -0.25) is 10.6 Å². The number of anilines is 2. The third-order valence-electron chi connectivity index (χ3n) is 2.98. The van der Waals surface area contributed by atoms with Gasteiger partial charge in [0.05, 0.1) is 0 Å². The molecule has 0 unspecified atom stereocenters. The van der Waals surface area contributed by atoms with Gasteiger partial charge in [-0.05, 0) is 49.4 Å². The van der Waals surface area contributed by atoms with Crippen molar-refractivity contribution in [3.05, 3.63) is 59.9 Å². The van der Waals surface area contributed by atoms with Crippen molar-refractivity contribution < 1.29 is 9.18 Å². The Hall–Kier alpha value is -2.40. The lowest BCUT2D eigenvalue weighted by Gasteiger charge is -2.21. The number of nitrogens with two attached hydrogens (primary N) is 1. The number of amides is 1. The van der Waals surface area contributed by atoms with Crippen LogP contribution >= 0.6 is 0 Å². The fraction of sp³-hybridized carbons (Fsp3) is 0.133. The summed E-state index contributed by atoms with van der Waals surface area (Å²) in [6.07, 6.45) is 0. The first-order valence-electron chi connectivity index (χ1n) is 6.30. The summed E-state index contributed by atoms with van der Waals surface area (Å²) >= 11 is 0. The summed E-state index contributed by atoms with van der Waals surface area (Å²) in [5.41, 5.74) is 4.28. The van der Waals surface area contributed by atoms with Gasteiger partial charge < -0.3 is 10.3 Å². The van der Waals surface area contributed by atoms with Crippen molar-refractivity contribution >= 4 is 17.3 Å². The van der Waals surface area contributed by atoms with Crippen LogP contribution in [0.25, 0.3) is 0 Å². The molecule has 0 aromatic heterocycles. The van der Waals surface area contributed by atoms with Crippen molar-refractivity contribution in [1.29, 1.82) is 0 Å². The molecule has 0 saturated heterocycles. The molecule has 0 fully saturated rings. The van der Waals surface area contributed by atoms with Gasteiger partial charge in [-0.2, -0.15) is 0 Å². The zero-order valence-corrected chi connectivity index (χ0v) is 11.1. The number of benzene rings is 2. The van der Waals surface area contributed by atoms with Gasteiger partial charge in [0.2, 0.25) is 0 Å². The minimum absolute atomic E-state index is 0.179. The maximum absolute atomic E-state index is 13.3. The van der Waals surface area contributed by atoms with E-state index >= 15 is 0 Å². The van der Waals surface area contributed by atoms with E-state index in [1.807, 2.05) is 6.92 Å². The predicted octanol–water partition coefficient (Wildman–Crippen LogP) is 2.78. The van der Waals surface area contributed by atoms with Crippen LogP contribution in [0.3, 0.4) is 0 Å². The molecule has 0 aliphatic carbocycles. The van der Waals surface area contributed by atoms with Crippen molar-refractivity contribution in [3.63, 3.8) is 0 Å². The number of hydrogen-bond donors (Lipinski definition) is 2. The third-order valence-corrected chi connectivity index (χ3v) is 2.98. The lowest BCUT2D eigenvalue weighted by atomic mass is 10.1. The molecule has 2 aromatic rings. The van der Waals surface area contributed by atoms with Crippen LogP contribution < -0.4 is 16.2 Å². The van der Waals surface area contributed by atoms with Crippen LogP contribution in [-0.2, 0) is 0 Å². The van der Waals surface area contributed by atoms with E-state index in [1.165, 1.54) is 17.0 Å². The van der Waals surface area contributed by atoms with Crippen LogP contribution in [-0.4, -0.2) is 12.5 Å². The molecular weight excluding hydrogens is 257 g/mol. The van der Waals surface area contributed by atoms with Crippen molar-refractivity contribution in [2.45, 2.75) is 6.92 Å². The molecule has 5 heteroatoms. The summed E-state index contributed by atoms with van der Waals surface area (Å²) < 4.78 is 13.3. The molecule has 4 nitrogen and oxygen atoms in total. The van der Waals surface area contributed by atoms with Crippen LogP contribution in [0.5, 0.6) is 0 Å². The summed E-state index contributed by atoms with van der Waals surface area (Å²) in [6.45, 7) is 2.30. The fourth-order valence-electron chi connectivity index (χ4n) is 1.95. The Balaban J connectivity index is 2.28. The minimum atomic E-state index is -0.364. The first-order chi connectivity index (χ1) is 9.65. The Bertz CT molecular complexity index is 598. The highest BCUT2D eigenvalue weighted by Gasteiger charge is 2.16. The van der Waals surface area contributed by atoms with E-state index in [0.29, 0.717) is 17.8 Å². The Labute approximate surface area is 117 Å². The van der Waals surface area contributed by atoms with E-state index in [0.717, 1.165) is 5.69 Å². The zero-order valence-electron chi connectivity index (χ0n) is 11.1. The Morgan fingerprint density at radius 3 is 2.50 bits per heavy atom. The van der Waals surface area contributed by atoms with E-state index in [1.54, 1.807) is 36.4 Å². The number of carbonyl (C=O) groups is 1. The number of nitrogen functional groups attached to an aromatic ring is 1. The summed E-state index contributed by atoms with van der Waals surface area (Å²) in [7, 11) is 0. The highest BCUT2D eigenvalue weighted by molar-refractivity contribution is 6.06. The molecule has 2 aromatic carbocycles. The molecule has 3 N–H and O–H groups in total. The minimum Gasteiger partial charge on any atom is -0.324 e. The van der Waals surface area contributed by atoms with Crippen molar-refractivity contribution in [2.24, 2.45) is 5.84 Å². The van der Waals surface area contributed by atoms with Gasteiger partial charge in [0.1, 0.15) is 5.82 Å². The largest absolute Gasteiger partial charge is 0.324 e. The second-order valence-corrected chi connectivity index (χ2v) is 4.25. The monoisotopic (exact) mass is 273 g/mol. The smallest absolute Gasteiger partial charge is 0.258 e. The maximum atomic E-state index is 13.3. The highest BCUT2D eigenvalue weighted by atomic mass is 19.1. The van der Waals surface area contributed by atoms with Crippen LogP contribution in [0, 0.1) is 5.82 Å². The van der Waals surface area contributed by atoms with Gasteiger partial charge in [0, 0.05) is 23.5 Å². The second-order valence-electron chi connectivity index (χ2n) is 4.25. The quantitative estimate of drug-likeness (QED) is 0.665. The normalized spacial score (nSPS) is 10.2. The Kier molecular flexibility index (Phi) is 4.32. The first kappa shape index (κ1) is 14.0. The molecule has 0 atom stereocenters. The van der Waals surface area contributed by atoms with E-state index < -0.39 is 0 Å². The molecule has 0 saturated carbocycles. The number of nitrogens with zero attached hydrogens (tertiary/aromatic N) is 1. The van der Waals surface area contributed by atoms with Gasteiger partial charge in [-0.15, -0.1) is 0 Å². The van der Waals surface area contributed by atoms with Gasteiger partial charge >= 0.3 is 0 Å². The van der Waals surface area contributed by atoms with Gasteiger partial charge in [-0.1, -0.05) is 6.07 Å². The molecule has 0 aliphatic heterocycles. The van der Waals surface area contributed by atoms with E-state index in [-0.39, 0.29) is 11.7 Å². The molecule has 0 radical (unpaired) electrons. The van der Waals surface area contributed by atoms with Crippen LogP contribution in [0.4, 0.5) is 15.8 Å². The van der Waals surface area contributed by atoms with Crippen molar-refractivity contribution in [2.75, 3.05) is 16.9 Å². The van der Waals surface area contributed by atoms with Crippen LogP contribution in [0.2, 0.25) is 0 Å². The number of nitrogens with one attached hydrogen (secondary N) is 1. The Morgan fingerprint density at radius 2 is 1.95 bits per heavy atom. The standard InChI is InChI=1S/C15H16FN3O/c1-2-19(14-5-3-4-12(16)10-14)15(20)11-6-8-13(18-17)9-7-11/h3-10,18H,2,17H2,1H3. The average Bonchev–Trinajstić information content (AvgIpc) is 2.48. The third kappa shape index (κ3) is 2.95. The molecule has 2 rings (SSSR count). The zero-order chi connectivity index (χ0) is 14.5. The molecular formula is C15H16FN3O. The number of rotatable bonds is 4. The Morgan fingerprint density at radius 1 is 1.25 bits per heavy atom. The second kappa shape index (κ2) is 6.16. The summed E-state index contributed by atoms with van der Waals surface area (Å²) in [5, 5.41) is 0. The van der Waals surface area contributed by atoms with E-state index in [2.05, 4.69) is 5.43 Å². The topological polar surface area (TPSA) is 58.4 Å². The number of carbonyl (C=O) groups excluding carboxylic acids is 1. The number of halogens is 1. The van der Waals surface area contributed by atoms with E-state index in [4.69, 9.17) is 5.84 Å². The molecule has 0 heterocycles. The first-order valence-corrected chi connectivity index (χ1v) is 6.30. The molecule has 0 aliphatic rings. The summed E-state index contributed by atoms with van der Waals surface area (Å²) in [6, 6.07) is 12.8. The van der Waals surface area contributed by atoms with Gasteiger partial charge in [0.25, 0.3) is 5.91 Å². The number of hydrazine groups is 1. The molecule has 104 valence electrons. The lowest BCUT2D eigenvalue weighted by molar-refractivity contribution is 0.0988. The fourth-order valence-corrected chi connectivity index (χ4v) is 1.95. The summed E-state index contributed by atoms with van der Waals surface area (Å²) in [4.78, 5) is 14.0. The average molecular weight is 273 g/mol. The lowest BCUT2D eigenvalue weighted by Crippen LogP contribution is -2.30. The molecule has 0 bridgehead atoms. The molecule has 20 heavy (non-hydrogen) atoms.